The van der Waals surface area contributed by atoms with Gasteiger partial charge in [0.2, 0.25) is 5.88 Å². The number of fused-ring (bicyclic) bond motifs is 1. The third-order valence-corrected chi connectivity index (χ3v) is 4.62. The lowest BCUT2D eigenvalue weighted by Gasteiger charge is -2.27. The second-order valence-corrected chi connectivity index (χ2v) is 6.57. The number of aromatic nitrogens is 1. The van der Waals surface area contributed by atoms with Gasteiger partial charge in [-0.3, -0.25) is 4.99 Å². The lowest BCUT2D eigenvalue weighted by atomic mass is 10.1. The van der Waals surface area contributed by atoms with Crippen LogP contribution in [0.1, 0.15) is 11.6 Å². The summed E-state index contributed by atoms with van der Waals surface area (Å²) in [6.07, 6.45) is 5.60. The van der Waals surface area contributed by atoms with Crippen molar-refractivity contribution in [2.24, 2.45) is 9.98 Å². The van der Waals surface area contributed by atoms with Gasteiger partial charge in [-0.2, -0.15) is 0 Å². The number of nitrogens with one attached hydrogen (secondary N) is 1. The molecule has 1 aromatic heterocycles. The molecule has 0 radical (unpaired) electrons. The fourth-order valence-corrected chi connectivity index (χ4v) is 3.16. The second-order valence-electron chi connectivity index (χ2n) is 6.57. The van der Waals surface area contributed by atoms with Crippen molar-refractivity contribution in [1.29, 1.82) is 0 Å². The zero-order chi connectivity index (χ0) is 18.8. The van der Waals surface area contributed by atoms with Gasteiger partial charge in [0.1, 0.15) is 0 Å². The van der Waals surface area contributed by atoms with Gasteiger partial charge in [0.25, 0.3) is 0 Å². The molecular formula is C20H22N6O. The van der Waals surface area contributed by atoms with Crippen molar-refractivity contribution in [3.05, 3.63) is 60.6 Å². The van der Waals surface area contributed by atoms with E-state index < -0.39 is 0 Å². The van der Waals surface area contributed by atoms with E-state index in [-0.39, 0.29) is 6.04 Å². The molecule has 1 aromatic carbocycles. The van der Waals surface area contributed by atoms with Gasteiger partial charge in [0.15, 0.2) is 11.7 Å². The highest BCUT2D eigenvalue weighted by atomic mass is 16.5. The van der Waals surface area contributed by atoms with E-state index in [0.29, 0.717) is 12.4 Å². The van der Waals surface area contributed by atoms with E-state index in [2.05, 4.69) is 37.2 Å². The molecule has 27 heavy (non-hydrogen) atoms. The van der Waals surface area contributed by atoms with Crippen LogP contribution >= 0.6 is 0 Å². The van der Waals surface area contributed by atoms with Gasteiger partial charge >= 0.3 is 0 Å². The summed E-state index contributed by atoms with van der Waals surface area (Å²) in [5, 5.41) is 3.40. The number of ether oxygens (including phenoxy) is 1. The van der Waals surface area contributed by atoms with Crippen molar-refractivity contribution in [2.75, 3.05) is 38.0 Å². The van der Waals surface area contributed by atoms with Crippen LogP contribution in [0.5, 0.6) is 5.88 Å². The van der Waals surface area contributed by atoms with Crippen LogP contribution in [0.25, 0.3) is 0 Å². The van der Waals surface area contributed by atoms with E-state index in [0.717, 1.165) is 28.6 Å². The first-order chi connectivity index (χ1) is 13.2. The zero-order valence-electron chi connectivity index (χ0n) is 15.6. The number of rotatable bonds is 4. The zero-order valence-corrected chi connectivity index (χ0v) is 15.6. The number of aliphatic imine (C=N–C) groups is 2. The Morgan fingerprint density at radius 2 is 2.11 bits per heavy atom. The van der Waals surface area contributed by atoms with Crippen molar-refractivity contribution in [2.45, 2.75) is 6.04 Å². The Bertz CT molecular complexity index is 916. The third-order valence-electron chi connectivity index (χ3n) is 4.62. The summed E-state index contributed by atoms with van der Waals surface area (Å²) < 4.78 is 5.15. The van der Waals surface area contributed by atoms with Crippen molar-refractivity contribution < 1.29 is 4.74 Å². The van der Waals surface area contributed by atoms with Gasteiger partial charge in [-0.25, -0.2) is 9.98 Å². The molecule has 1 unspecified atom stereocenters. The Kier molecular flexibility index (Phi) is 4.50. The van der Waals surface area contributed by atoms with Crippen molar-refractivity contribution in [1.82, 2.24) is 9.88 Å². The second kappa shape index (κ2) is 7.11. The molecule has 0 fully saturated rings. The SMILES string of the molecule is COc1ccc(C2CN=C3C(Nc4cccc(N(C)C)c4)=NC=CN32)cn1. The first-order valence-corrected chi connectivity index (χ1v) is 8.77. The Balaban J connectivity index is 1.53. The molecule has 7 heteroatoms. The smallest absolute Gasteiger partial charge is 0.212 e. The lowest BCUT2D eigenvalue weighted by molar-refractivity contribution is 0.395. The van der Waals surface area contributed by atoms with Gasteiger partial charge in [0, 0.05) is 50.1 Å². The monoisotopic (exact) mass is 362 g/mol. The summed E-state index contributed by atoms with van der Waals surface area (Å²) in [7, 11) is 5.67. The molecule has 0 bridgehead atoms. The maximum Gasteiger partial charge on any atom is 0.212 e. The minimum absolute atomic E-state index is 0.107. The first-order valence-electron chi connectivity index (χ1n) is 8.77. The number of hydrogen-bond acceptors (Lipinski definition) is 7. The van der Waals surface area contributed by atoms with Crippen molar-refractivity contribution >= 4 is 23.0 Å². The van der Waals surface area contributed by atoms with Crippen LogP contribution in [-0.2, 0) is 0 Å². The number of pyridine rings is 1. The number of nitrogens with zero attached hydrogens (tertiary/aromatic N) is 5. The normalized spacial score (nSPS) is 17.9. The maximum absolute atomic E-state index is 5.15. The predicted octanol–water partition coefficient (Wildman–Crippen LogP) is 2.91. The van der Waals surface area contributed by atoms with Crippen molar-refractivity contribution in [3.63, 3.8) is 0 Å². The molecule has 1 atom stereocenters. The van der Waals surface area contributed by atoms with E-state index in [1.807, 2.05) is 50.8 Å². The average Bonchev–Trinajstić information content (AvgIpc) is 3.13. The predicted molar refractivity (Wildman–Crippen MR) is 109 cm³/mol. The summed E-state index contributed by atoms with van der Waals surface area (Å²) in [5.74, 6) is 2.20. The van der Waals surface area contributed by atoms with Crippen LogP contribution < -0.4 is 15.0 Å². The highest BCUT2D eigenvalue weighted by Gasteiger charge is 2.32. The molecule has 0 saturated carbocycles. The van der Waals surface area contributed by atoms with Crippen LogP contribution in [0, 0.1) is 0 Å². The molecule has 0 saturated heterocycles. The Morgan fingerprint density at radius 3 is 2.85 bits per heavy atom. The molecule has 4 rings (SSSR count). The van der Waals surface area contributed by atoms with Gasteiger partial charge in [-0.05, 0) is 29.8 Å². The van der Waals surface area contributed by atoms with Crippen LogP contribution in [-0.4, -0.2) is 49.3 Å². The van der Waals surface area contributed by atoms with Gasteiger partial charge in [-0.1, -0.05) is 6.07 Å². The fourth-order valence-electron chi connectivity index (χ4n) is 3.16. The number of methoxy groups -OCH3 is 1. The Hall–Kier alpha value is -3.35. The molecule has 3 heterocycles. The van der Waals surface area contributed by atoms with Crippen LogP contribution in [0.3, 0.4) is 0 Å². The molecule has 1 N–H and O–H groups in total. The molecule has 0 spiro atoms. The summed E-state index contributed by atoms with van der Waals surface area (Å²) in [6, 6.07) is 12.2. The number of benzene rings is 1. The van der Waals surface area contributed by atoms with E-state index in [1.165, 1.54) is 0 Å². The van der Waals surface area contributed by atoms with Gasteiger partial charge < -0.3 is 19.9 Å². The Labute approximate surface area is 158 Å². The summed E-state index contributed by atoms with van der Waals surface area (Å²) in [5.41, 5.74) is 3.20. The van der Waals surface area contributed by atoms with E-state index in [4.69, 9.17) is 9.73 Å². The topological polar surface area (TPSA) is 65.3 Å². The lowest BCUT2D eigenvalue weighted by Crippen LogP contribution is -2.37. The first kappa shape index (κ1) is 17.1. The summed E-state index contributed by atoms with van der Waals surface area (Å²) in [6.45, 7) is 0.659. The minimum Gasteiger partial charge on any atom is -0.481 e. The highest BCUT2D eigenvalue weighted by Crippen LogP contribution is 2.29. The molecule has 0 aliphatic carbocycles. The standard InChI is InChI=1S/C20H22N6O/c1-25(2)16-6-4-5-15(11-16)24-19-20-23-13-17(26(20)10-9-21-19)14-7-8-18(27-3)22-12-14/h4-12,17H,13H2,1-3H3,(H,21,24). The molecule has 0 amide bonds. The number of amidine groups is 2. The van der Waals surface area contributed by atoms with Gasteiger partial charge in [-0.15, -0.1) is 0 Å². The van der Waals surface area contributed by atoms with E-state index in [1.54, 1.807) is 13.3 Å². The molecule has 138 valence electrons. The van der Waals surface area contributed by atoms with E-state index >= 15 is 0 Å². The molecule has 2 aliphatic heterocycles. The van der Waals surface area contributed by atoms with Crippen LogP contribution in [0.2, 0.25) is 0 Å². The minimum atomic E-state index is 0.107. The maximum atomic E-state index is 5.15. The van der Waals surface area contributed by atoms with Crippen molar-refractivity contribution in [3.8, 4) is 5.88 Å². The molecular weight excluding hydrogens is 340 g/mol. The van der Waals surface area contributed by atoms with Gasteiger partial charge in [0.05, 0.1) is 19.7 Å². The van der Waals surface area contributed by atoms with Crippen LogP contribution in [0.4, 0.5) is 11.4 Å². The molecule has 7 nitrogen and oxygen atoms in total. The fraction of sp³-hybridized carbons (Fsp3) is 0.250. The third kappa shape index (κ3) is 3.36. The Morgan fingerprint density at radius 1 is 1.22 bits per heavy atom. The molecule has 2 aromatic rings. The molecule has 2 aliphatic rings. The van der Waals surface area contributed by atoms with E-state index in [9.17, 15) is 0 Å². The quantitative estimate of drug-likeness (QED) is 0.906. The number of anilines is 2. The largest absolute Gasteiger partial charge is 0.481 e. The number of hydrogen-bond donors (Lipinski definition) is 1. The van der Waals surface area contributed by atoms with Crippen LogP contribution in [0.15, 0.2) is 65.0 Å². The average molecular weight is 362 g/mol. The summed E-state index contributed by atoms with van der Waals surface area (Å²) >= 11 is 0. The highest BCUT2D eigenvalue weighted by molar-refractivity contribution is 6.45. The summed E-state index contributed by atoms with van der Waals surface area (Å²) in [4.78, 5) is 17.7.